The second kappa shape index (κ2) is 15.5. The van der Waals surface area contributed by atoms with Crippen molar-refractivity contribution in [2.24, 2.45) is 5.73 Å². The number of aryl methyl sites for hydroxylation is 4. The minimum Gasteiger partial charge on any atom is -0.444 e. The van der Waals surface area contributed by atoms with Crippen molar-refractivity contribution in [2.45, 2.75) is 79.0 Å². The molecule has 0 saturated carbocycles. The summed E-state index contributed by atoms with van der Waals surface area (Å²) in [5, 5.41) is 25.5. The minimum absolute atomic E-state index is 0.00488. The second-order valence-electron chi connectivity index (χ2n) is 11.7. The smallest absolute Gasteiger partial charge is 0.407 e. The molecule has 4 heterocycles. The van der Waals surface area contributed by atoms with Crippen LogP contribution in [0.4, 0.5) is 4.79 Å². The van der Waals surface area contributed by atoms with E-state index < -0.39 is 17.7 Å². The molecular weight excluding hydrogens is 581 g/mol. The Morgan fingerprint density at radius 1 is 0.860 bits per heavy atom. The van der Waals surface area contributed by atoms with Crippen LogP contribution < -0.4 is 11.1 Å². The Kier molecular flexibility index (Phi) is 12.4. The van der Waals surface area contributed by atoms with E-state index in [0.717, 1.165) is 39.5 Å². The second-order valence-corrected chi connectivity index (χ2v) is 13.9. The van der Waals surface area contributed by atoms with Gasteiger partial charge in [-0.3, -0.25) is 9.97 Å². The molecule has 10 heteroatoms. The van der Waals surface area contributed by atoms with E-state index in [2.05, 4.69) is 58.1 Å². The molecule has 43 heavy (non-hydrogen) atoms. The normalized spacial score (nSPS) is 12.7. The first kappa shape index (κ1) is 34.3. The van der Waals surface area contributed by atoms with Gasteiger partial charge in [0.15, 0.2) is 0 Å². The molecule has 0 spiro atoms. The lowest BCUT2D eigenvalue weighted by atomic mass is 10.0. The number of ether oxygens (including phenoxy) is 1. The molecule has 5 N–H and O–H groups in total. The van der Waals surface area contributed by atoms with Crippen LogP contribution in [-0.2, 0) is 17.6 Å². The molecule has 8 nitrogen and oxygen atoms in total. The van der Waals surface area contributed by atoms with Gasteiger partial charge in [0, 0.05) is 49.1 Å². The number of nitrogens with two attached hydrogens (primary N) is 1. The van der Waals surface area contributed by atoms with Crippen molar-refractivity contribution in [2.75, 3.05) is 13.2 Å². The van der Waals surface area contributed by atoms with Gasteiger partial charge < -0.3 is 26.0 Å². The molecule has 4 rings (SSSR count). The summed E-state index contributed by atoms with van der Waals surface area (Å²) in [6, 6.07) is 11.7. The predicted molar refractivity (Wildman–Crippen MR) is 177 cm³/mol. The van der Waals surface area contributed by atoms with E-state index in [-0.39, 0.29) is 19.3 Å². The van der Waals surface area contributed by atoms with Crippen molar-refractivity contribution >= 4 is 28.8 Å². The summed E-state index contributed by atoms with van der Waals surface area (Å²) in [7, 11) is 0. The van der Waals surface area contributed by atoms with E-state index in [1.54, 1.807) is 43.4 Å². The molecule has 0 aliphatic carbocycles. The topological polar surface area (TPSA) is 131 Å². The van der Waals surface area contributed by atoms with Crippen LogP contribution in [-0.4, -0.2) is 57.2 Å². The van der Waals surface area contributed by atoms with E-state index in [1.807, 2.05) is 32.0 Å². The van der Waals surface area contributed by atoms with Crippen molar-refractivity contribution in [1.29, 1.82) is 0 Å². The van der Waals surface area contributed by atoms with Crippen LogP contribution in [0, 0.1) is 27.7 Å². The van der Waals surface area contributed by atoms with Gasteiger partial charge in [-0.05, 0) is 96.7 Å². The number of thiophene rings is 2. The Morgan fingerprint density at radius 3 is 1.72 bits per heavy atom. The maximum Gasteiger partial charge on any atom is 0.407 e. The molecule has 0 aliphatic heterocycles. The number of nitrogens with one attached hydrogen (secondary N) is 1. The third-order valence-electron chi connectivity index (χ3n) is 6.57. The first-order valence-electron chi connectivity index (χ1n) is 14.3. The van der Waals surface area contributed by atoms with Crippen molar-refractivity contribution < 1.29 is 19.7 Å². The molecule has 0 saturated heterocycles. The highest BCUT2D eigenvalue weighted by Crippen LogP contribution is 2.26. The molecule has 0 aliphatic rings. The molecule has 0 aromatic carbocycles. The zero-order valence-electron chi connectivity index (χ0n) is 26.1. The lowest BCUT2D eigenvalue weighted by Crippen LogP contribution is -2.42. The summed E-state index contributed by atoms with van der Waals surface area (Å²) in [6.45, 7) is 13.4. The maximum absolute atomic E-state index is 11.9. The number of alkyl carbamates (subject to hydrolysis) is 1. The lowest BCUT2D eigenvalue weighted by molar-refractivity contribution is 0.0482. The van der Waals surface area contributed by atoms with Crippen molar-refractivity contribution in [1.82, 2.24) is 15.3 Å². The fourth-order valence-corrected chi connectivity index (χ4v) is 5.73. The Balaban J connectivity index is 0.000000248. The fraction of sp³-hybridized carbons (Fsp3) is 0.424. The maximum atomic E-state index is 11.9. The van der Waals surface area contributed by atoms with Crippen LogP contribution in [0.25, 0.3) is 22.5 Å². The van der Waals surface area contributed by atoms with Crippen LogP contribution in [0.15, 0.2) is 47.2 Å². The highest BCUT2D eigenvalue weighted by molar-refractivity contribution is 7.10. The van der Waals surface area contributed by atoms with Crippen LogP contribution >= 0.6 is 22.7 Å². The average molecular weight is 625 g/mol. The molecular formula is C33H44N4O4S2. The predicted octanol–water partition coefficient (Wildman–Crippen LogP) is 6.14. The first-order chi connectivity index (χ1) is 20.3. The van der Waals surface area contributed by atoms with Gasteiger partial charge in [-0.1, -0.05) is 12.1 Å². The summed E-state index contributed by atoms with van der Waals surface area (Å²) < 4.78 is 5.24. The number of amides is 1. The number of aliphatic hydroxyl groups is 2. The van der Waals surface area contributed by atoms with Crippen molar-refractivity contribution in [3.05, 3.63) is 79.4 Å². The molecule has 1 amide bonds. The quantitative estimate of drug-likeness (QED) is 0.176. The number of hydrogen-bond acceptors (Lipinski definition) is 9. The van der Waals surface area contributed by atoms with E-state index in [1.165, 1.54) is 15.3 Å². The van der Waals surface area contributed by atoms with Gasteiger partial charge in [0.05, 0.1) is 30.6 Å². The summed E-state index contributed by atoms with van der Waals surface area (Å²) in [5.41, 5.74) is 13.4. The molecule has 4 aromatic rings. The van der Waals surface area contributed by atoms with Gasteiger partial charge in [0.2, 0.25) is 0 Å². The van der Waals surface area contributed by atoms with Crippen molar-refractivity contribution in [3.63, 3.8) is 0 Å². The number of rotatable bonds is 9. The third kappa shape index (κ3) is 10.8. The number of aliphatic hydroxyl groups excluding tert-OH is 2. The van der Waals surface area contributed by atoms with E-state index >= 15 is 0 Å². The summed E-state index contributed by atoms with van der Waals surface area (Å²) >= 11 is 3.43. The molecule has 232 valence electrons. The largest absolute Gasteiger partial charge is 0.444 e. The van der Waals surface area contributed by atoms with E-state index in [9.17, 15) is 9.90 Å². The first-order valence-corrected chi connectivity index (χ1v) is 16.0. The molecule has 0 fully saturated rings. The number of carbonyl (C=O) groups excluding carboxylic acids is 1. The van der Waals surface area contributed by atoms with Gasteiger partial charge in [-0.25, -0.2) is 4.79 Å². The number of nitrogens with zero attached hydrogens (tertiary/aromatic N) is 2. The monoisotopic (exact) mass is 624 g/mol. The summed E-state index contributed by atoms with van der Waals surface area (Å²) in [4.78, 5) is 23.7. The molecule has 0 bridgehead atoms. The zero-order valence-corrected chi connectivity index (χ0v) is 27.7. The van der Waals surface area contributed by atoms with Crippen LogP contribution in [0.2, 0.25) is 0 Å². The van der Waals surface area contributed by atoms with Gasteiger partial charge in [0.1, 0.15) is 5.60 Å². The van der Waals surface area contributed by atoms with Crippen LogP contribution in [0.3, 0.4) is 0 Å². The highest BCUT2D eigenvalue weighted by atomic mass is 32.1. The van der Waals surface area contributed by atoms with Crippen LogP contribution in [0.5, 0.6) is 0 Å². The Hall–Kier alpha value is -3.15. The number of pyridine rings is 2. The molecule has 4 aromatic heterocycles. The number of hydrogen-bond donors (Lipinski definition) is 4. The zero-order chi connectivity index (χ0) is 31.7. The van der Waals surface area contributed by atoms with Gasteiger partial charge in [0.25, 0.3) is 0 Å². The number of carbonyl (C=O) groups is 1. The lowest BCUT2D eigenvalue weighted by Gasteiger charge is -2.23. The van der Waals surface area contributed by atoms with Crippen LogP contribution in [0.1, 0.15) is 53.0 Å². The third-order valence-corrected chi connectivity index (χ3v) is 8.29. The van der Waals surface area contributed by atoms with Gasteiger partial charge in [-0.15, -0.1) is 22.7 Å². The Labute approximate surface area is 263 Å². The number of aromatic nitrogens is 2. The fourth-order valence-electron chi connectivity index (χ4n) is 4.34. The van der Waals surface area contributed by atoms with E-state index in [0.29, 0.717) is 12.8 Å². The summed E-state index contributed by atoms with van der Waals surface area (Å²) in [5.74, 6) is 0. The molecule has 2 unspecified atom stereocenters. The average Bonchev–Trinajstić information content (AvgIpc) is 3.57. The van der Waals surface area contributed by atoms with Gasteiger partial charge >= 0.3 is 6.09 Å². The minimum atomic E-state index is -0.568. The highest BCUT2D eigenvalue weighted by Gasteiger charge is 2.20. The van der Waals surface area contributed by atoms with E-state index in [4.69, 9.17) is 15.6 Å². The Bertz CT molecular complexity index is 1490. The SMILES string of the molecule is Cc1cc(-c2ccc(CC(CO)NC(=O)OC(C)(C)C)c(C)n2)cs1.Cc1cc(-c2ccc(CC(N)CO)c(C)n2)cs1. The molecule has 2 atom stereocenters. The van der Waals surface area contributed by atoms with Crippen molar-refractivity contribution in [3.8, 4) is 22.5 Å². The van der Waals surface area contributed by atoms with Gasteiger partial charge in [-0.2, -0.15) is 0 Å². The summed E-state index contributed by atoms with van der Waals surface area (Å²) in [6.07, 6.45) is 0.637. The standard InChI is InChI=1S/C19H26N2O3S.C14H18N2OS/c1-12-8-15(11-25-12)17-7-6-14(13(2)20-17)9-16(10-22)21-18(23)24-19(3,4)5;1-9-5-12(8-18-9)14-4-3-11(10(2)16-14)6-13(15)7-17/h6-8,11,16,22H,9-10H2,1-5H3,(H,21,23);3-5,8,13,17H,6-7,15H2,1-2H3. The Morgan fingerprint density at radius 2 is 1.35 bits per heavy atom. The molecule has 0 radical (unpaired) electrons.